The zero-order chi connectivity index (χ0) is 38.0. The zero-order valence-electron chi connectivity index (χ0n) is 31.0. The van der Waals surface area contributed by atoms with E-state index in [2.05, 4.69) is 60.0 Å². The van der Waals surface area contributed by atoms with Crippen LogP contribution in [-0.4, -0.2) is 57.6 Å². The molecule has 7 rings (SSSR count). The number of anilines is 4. The summed E-state index contributed by atoms with van der Waals surface area (Å²) in [5.74, 6) is 0.306. The van der Waals surface area contributed by atoms with Crippen LogP contribution in [0.2, 0.25) is 0 Å². The fourth-order valence-electron chi connectivity index (χ4n) is 6.90. The van der Waals surface area contributed by atoms with Gasteiger partial charge in [0.05, 0.1) is 0 Å². The van der Waals surface area contributed by atoms with Gasteiger partial charge in [-0.15, -0.1) is 0 Å². The van der Waals surface area contributed by atoms with E-state index in [1.807, 2.05) is 79.7 Å². The van der Waals surface area contributed by atoms with Gasteiger partial charge in [0.1, 0.15) is 0 Å². The van der Waals surface area contributed by atoms with Crippen molar-refractivity contribution >= 4 is 81.5 Å². The second kappa shape index (κ2) is 18.1. The quantitative estimate of drug-likeness (QED) is 0.117. The van der Waals surface area contributed by atoms with E-state index in [0.29, 0.717) is 17.5 Å². The molecule has 1 saturated carbocycles. The number of hydrogen-bond acceptors (Lipinski definition) is 8. The highest BCUT2D eigenvalue weighted by atomic mass is 32.1. The Hall–Kier alpha value is -5.32. The summed E-state index contributed by atoms with van der Waals surface area (Å²) in [5.41, 5.74) is 6.18. The molecule has 2 heterocycles. The summed E-state index contributed by atoms with van der Waals surface area (Å²) in [5, 5.41) is 0.516. The van der Waals surface area contributed by atoms with Crippen molar-refractivity contribution in [3.05, 3.63) is 132 Å². The van der Waals surface area contributed by atoms with Gasteiger partial charge < -0.3 is 19.3 Å². The minimum absolute atomic E-state index is 0.0929. The third-order valence-electron chi connectivity index (χ3n) is 9.75. The minimum Gasteiger partial charge on any atom is -0.426 e. The third kappa shape index (κ3) is 8.89. The predicted octanol–water partition coefficient (Wildman–Crippen LogP) is 10.0. The van der Waals surface area contributed by atoms with E-state index >= 15 is 0 Å². The number of carbonyl (C=O) groups excluding carboxylic acids is 2. The molecular weight excluding hydrogens is 713 g/mol. The summed E-state index contributed by atoms with van der Waals surface area (Å²) < 4.78 is 11.1. The van der Waals surface area contributed by atoms with E-state index in [0.717, 1.165) is 67.0 Å². The van der Waals surface area contributed by atoms with Crippen molar-refractivity contribution < 1.29 is 19.1 Å². The van der Waals surface area contributed by atoms with Crippen molar-refractivity contribution in [2.75, 3.05) is 29.4 Å². The van der Waals surface area contributed by atoms with E-state index < -0.39 is 0 Å². The van der Waals surface area contributed by atoms with Crippen molar-refractivity contribution in [2.45, 2.75) is 58.9 Å². The SMILES string of the molecule is CCN(CC)c1ccc(/C=C2/OC(=S)N(C3CCCCC3)C2=O)cc1.CCN1C(=O)/C(=C\c2ccc(N(c3ccccc3)c3ccccc3)cc2)OC1=S. The molecule has 0 radical (unpaired) electrons. The minimum atomic E-state index is -0.197. The van der Waals surface area contributed by atoms with Crippen LogP contribution in [0.5, 0.6) is 0 Å². The van der Waals surface area contributed by atoms with Crippen LogP contribution in [0.15, 0.2) is 121 Å². The molecular formula is C44H46N4O4S2. The highest BCUT2D eigenvalue weighted by Gasteiger charge is 2.38. The van der Waals surface area contributed by atoms with Crippen molar-refractivity contribution in [3.8, 4) is 0 Å². The first kappa shape index (κ1) is 38.4. The van der Waals surface area contributed by atoms with Crippen LogP contribution in [0.3, 0.4) is 0 Å². The number of nitrogens with zero attached hydrogens (tertiary/aromatic N) is 4. The van der Waals surface area contributed by atoms with Gasteiger partial charge in [0, 0.05) is 48.4 Å². The van der Waals surface area contributed by atoms with Crippen LogP contribution >= 0.6 is 24.4 Å². The molecule has 278 valence electrons. The zero-order valence-corrected chi connectivity index (χ0v) is 32.7. The normalized spacial score (nSPS) is 17.4. The summed E-state index contributed by atoms with van der Waals surface area (Å²) >= 11 is 10.4. The van der Waals surface area contributed by atoms with Gasteiger partial charge in [-0.05, 0) is 130 Å². The summed E-state index contributed by atoms with van der Waals surface area (Å²) in [4.78, 5) is 32.7. The number of amides is 2. The first-order valence-corrected chi connectivity index (χ1v) is 19.5. The number of benzene rings is 4. The highest BCUT2D eigenvalue weighted by Crippen LogP contribution is 2.35. The second-order valence-electron chi connectivity index (χ2n) is 13.1. The molecule has 3 fully saturated rings. The van der Waals surface area contributed by atoms with Gasteiger partial charge in [-0.25, -0.2) is 0 Å². The average Bonchev–Trinajstić information content (AvgIpc) is 3.64. The van der Waals surface area contributed by atoms with Crippen molar-refractivity contribution in [1.29, 1.82) is 0 Å². The highest BCUT2D eigenvalue weighted by molar-refractivity contribution is 7.80. The van der Waals surface area contributed by atoms with Gasteiger partial charge in [0.15, 0.2) is 11.5 Å². The molecule has 54 heavy (non-hydrogen) atoms. The Morgan fingerprint density at radius 1 is 0.611 bits per heavy atom. The summed E-state index contributed by atoms with van der Waals surface area (Å²) in [6.07, 6.45) is 9.11. The van der Waals surface area contributed by atoms with Crippen molar-refractivity contribution in [2.24, 2.45) is 0 Å². The van der Waals surface area contributed by atoms with Gasteiger partial charge in [-0.1, -0.05) is 79.9 Å². The number of carbonyl (C=O) groups is 2. The lowest BCUT2D eigenvalue weighted by atomic mass is 9.94. The van der Waals surface area contributed by atoms with Crippen LogP contribution in [0, 0.1) is 0 Å². The molecule has 4 aromatic carbocycles. The summed E-state index contributed by atoms with van der Waals surface area (Å²) in [6, 6.07) is 36.8. The Bertz CT molecular complexity index is 1950. The molecule has 0 N–H and O–H groups in total. The topological polar surface area (TPSA) is 65.6 Å². The third-order valence-corrected chi connectivity index (χ3v) is 10.3. The number of hydrogen-bond donors (Lipinski definition) is 0. The Labute approximate surface area is 329 Å². The second-order valence-corrected chi connectivity index (χ2v) is 13.8. The fraction of sp³-hybridized carbons (Fsp3) is 0.273. The molecule has 0 bridgehead atoms. The van der Waals surface area contributed by atoms with Gasteiger partial charge >= 0.3 is 0 Å². The van der Waals surface area contributed by atoms with Crippen LogP contribution in [0.25, 0.3) is 12.2 Å². The number of likely N-dealkylation sites (N-methyl/N-ethyl adjacent to an activating group) is 1. The molecule has 2 aliphatic heterocycles. The standard InChI is InChI=1S/C24H20N2O2S.C20H26N2O2S/c1-2-25-23(27)22(28-24(25)29)17-18-13-15-21(16-14-18)26(19-9-5-3-6-10-19)20-11-7-4-8-12-20;1-3-21(4-2)16-12-10-15(11-13-16)14-18-19(23)22(20(25)24-18)17-8-6-5-7-9-17/h3-17H,2H2,1H3;10-14,17H,3-9H2,1-2H3/b22-17+;18-14+. The lowest BCUT2D eigenvalue weighted by Gasteiger charge is -2.28. The van der Waals surface area contributed by atoms with E-state index in [9.17, 15) is 9.59 Å². The number of para-hydroxylation sites is 2. The van der Waals surface area contributed by atoms with Crippen LogP contribution in [0.1, 0.15) is 64.0 Å². The first-order chi connectivity index (χ1) is 26.3. The van der Waals surface area contributed by atoms with Gasteiger partial charge in [-0.3, -0.25) is 19.4 Å². The van der Waals surface area contributed by atoms with Crippen molar-refractivity contribution in [3.63, 3.8) is 0 Å². The maximum absolute atomic E-state index is 12.7. The molecule has 3 aliphatic rings. The predicted molar refractivity (Wildman–Crippen MR) is 226 cm³/mol. The molecule has 8 nitrogen and oxygen atoms in total. The molecule has 0 aromatic heterocycles. The maximum Gasteiger partial charge on any atom is 0.297 e. The molecule has 1 aliphatic carbocycles. The number of rotatable bonds is 10. The van der Waals surface area contributed by atoms with Crippen LogP contribution in [-0.2, 0) is 19.1 Å². The van der Waals surface area contributed by atoms with E-state index in [1.165, 1.54) is 17.0 Å². The lowest BCUT2D eigenvalue weighted by Crippen LogP contribution is -2.40. The smallest absolute Gasteiger partial charge is 0.297 e. The van der Waals surface area contributed by atoms with Crippen LogP contribution < -0.4 is 9.80 Å². The first-order valence-electron chi connectivity index (χ1n) is 18.7. The summed E-state index contributed by atoms with van der Waals surface area (Å²) in [6.45, 7) is 8.60. The molecule has 4 aromatic rings. The van der Waals surface area contributed by atoms with Gasteiger partial charge in [-0.2, -0.15) is 0 Å². The van der Waals surface area contributed by atoms with E-state index in [-0.39, 0.29) is 28.8 Å². The molecule has 0 atom stereocenters. The number of thiocarbonyl (C=S) groups is 2. The monoisotopic (exact) mass is 758 g/mol. The number of ether oxygens (including phenoxy) is 2. The van der Waals surface area contributed by atoms with Gasteiger partial charge in [0.2, 0.25) is 0 Å². The van der Waals surface area contributed by atoms with E-state index in [1.54, 1.807) is 17.1 Å². The average molecular weight is 759 g/mol. The lowest BCUT2D eigenvalue weighted by molar-refractivity contribution is -0.124. The molecule has 10 heteroatoms. The molecule has 2 amide bonds. The molecule has 2 saturated heterocycles. The van der Waals surface area contributed by atoms with E-state index in [4.69, 9.17) is 33.9 Å². The Morgan fingerprint density at radius 3 is 1.56 bits per heavy atom. The van der Waals surface area contributed by atoms with Gasteiger partial charge in [0.25, 0.3) is 22.2 Å². The van der Waals surface area contributed by atoms with Crippen molar-refractivity contribution in [1.82, 2.24) is 9.80 Å². The molecule has 0 unspecified atom stereocenters. The molecule has 0 spiro atoms. The Kier molecular flexibility index (Phi) is 12.9. The van der Waals surface area contributed by atoms with Crippen LogP contribution in [0.4, 0.5) is 22.7 Å². The fourth-order valence-corrected chi connectivity index (χ4v) is 7.52. The Morgan fingerprint density at radius 2 is 1.07 bits per heavy atom. The maximum atomic E-state index is 12.7. The largest absolute Gasteiger partial charge is 0.426 e. The summed E-state index contributed by atoms with van der Waals surface area (Å²) in [7, 11) is 0. The Balaban J connectivity index is 0.000000186.